The fraction of sp³-hybridized carbons (Fsp3) is 0.182. The third-order valence-electron chi connectivity index (χ3n) is 4.54. The number of hydrogen-bond acceptors (Lipinski definition) is 4. The Morgan fingerprint density at radius 2 is 1.04 bits per heavy atom. The molecule has 130 valence electrons. The summed E-state index contributed by atoms with van der Waals surface area (Å²) in [4.78, 5) is 8.94. The topological polar surface area (TPSA) is 49.8 Å². The zero-order valence-corrected chi connectivity index (χ0v) is 14.7. The van der Waals surface area contributed by atoms with Crippen LogP contribution in [0.3, 0.4) is 0 Å². The Hall–Kier alpha value is -3.14. The van der Waals surface area contributed by atoms with Crippen LogP contribution < -0.4 is 10.6 Å². The van der Waals surface area contributed by atoms with E-state index in [2.05, 4.69) is 69.1 Å². The van der Waals surface area contributed by atoms with E-state index in [-0.39, 0.29) is 0 Å². The van der Waals surface area contributed by atoms with Gasteiger partial charge in [-0.1, -0.05) is 48.5 Å². The van der Waals surface area contributed by atoms with E-state index in [1.165, 1.54) is 21.5 Å². The van der Waals surface area contributed by atoms with Crippen LogP contribution in [0.15, 0.2) is 73.1 Å². The van der Waals surface area contributed by atoms with Gasteiger partial charge in [-0.05, 0) is 35.7 Å². The summed E-state index contributed by atoms with van der Waals surface area (Å²) in [7, 11) is 0. The minimum atomic E-state index is 0.908. The highest BCUT2D eigenvalue weighted by Crippen LogP contribution is 2.21. The van der Waals surface area contributed by atoms with E-state index in [4.69, 9.17) is 0 Å². The second kappa shape index (κ2) is 7.83. The largest absolute Gasteiger partial charge is 0.370 e. The fourth-order valence-corrected chi connectivity index (χ4v) is 3.18. The highest BCUT2D eigenvalue weighted by Gasteiger charge is 2.02. The fourth-order valence-electron chi connectivity index (χ4n) is 3.18. The molecular formula is C22H22N4. The number of fused-ring (bicyclic) bond motifs is 2. The molecule has 2 aromatic carbocycles. The Balaban J connectivity index is 1.28. The van der Waals surface area contributed by atoms with E-state index in [0.717, 1.165) is 37.6 Å². The molecule has 4 rings (SSSR count). The van der Waals surface area contributed by atoms with Crippen molar-refractivity contribution in [1.82, 2.24) is 9.97 Å². The first-order chi connectivity index (χ1) is 12.9. The van der Waals surface area contributed by atoms with Crippen LogP contribution in [0.2, 0.25) is 0 Å². The van der Waals surface area contributed by atoms with Crippen LogP contribution in [0.4, 0.5) is 11.6 Å². The zero-order valence-electron chi connectivity index (χ0n) is 14.7. The molecule has 0 bridgehead atoms. The maximum Gasteiger partial charge on any atom is 0.133 e. The van der Waals surface area contributed by atoms with Crippen molar-refractivity contribution in [2.75, 3.05) is 23.7 Å². The van der Waals surface area contributed by atoms with E-state index in [1.54, 1.807) is 0 Å². The zero-order chi connectivity index (χ0) is 17.6. The molecule has 0 atom stereocenters. The average molecular weight is 342 g/mol. The number of hydrogen-bond donors (Lipinski definition) is 2. The molecule has 4 heteroatoms. The highest BCUT2D eigenvalue weighted by molar-refractivity contribution is 5.92. The first kappa shape index (κ1) is 16.3. The van der Waals surface area contributed by atoms with Gasteiger partial charge < -0.3 is 10.6 Å². The Labute approximate surface area is 153 Å². The quantitative estimate of drug-likeness (QED) is 0.459. The minimum absolute atomic E-state index is 0.908. The smallest absolute Gasteiger partial charge is 0.133 e. The highest BCUT2D eigenvalue weighted by atomic mass is 15.0. The predicted octanol–water partition coefficient (Wildman–Crippen LogP) is 5.09. The maximum atomic E-state index is 4.47. The van der Waals surface area contributed by atoms with E-state index in [0.29, 0.717) is 0 Å². The van der Waals surface area contributed by atoms with E-state index in [9.17, 15) is 0 Å². The van der Waals surface area contributed by atoms with Gasteiger partial charge in [0.15, 0.2) is 0 Å². The maximum absolute atomic E-state index is 4.47. The van der Waals surface area contributed by atoms with Crippen LogP contribution in [-0.4, -0.2) is 23.1 Å². The molecule has 0 amide bonds. The summed E-state index contributed by atoms with van der Waals surface area (Å²) >= 11 is 0. The number of anilines is 2. The molecule has 26 heavy (non-hydrogen) atoms. The van der Waals surface area contributed by atoms with Gasteiger partial charge in [-0.2, -0.15) is 0 Å². The van der Waals surface area contributed by atoms with Crippen molar-refractivity contribution in [3.05, 3.63) is 73.1 Å². The van der Waals surface area contributed by atoms with Crippen molar-refractivity contribution < 1.29 is 0 Å². The molecule has 0 saturated carbocycles. The third kappa shape index (κ3) is 3.59. The van der Waals surface area contributed by atoms with Crippen molar-refractivity contribution in [3.63, 3.8) is 0 Å². The van der Waals surface area contributed by atoms with E-state index >= 15 is 0 Å². The van der Waals surface area contributed by atoms with E-state index < -0.39 is 0 Å². The molecule has 0 saturated heterocycles. The molecule has 2 heterocycles. The number of unbranched alkanes of at least 4 members (excludes halogenated alkanes) is 1. The molecule has 0 radical (unpaired) electrons. The van der Waals surface area contributed by atoms with Gasteiger partial charge in [0.05, 0.1) is 0 Å². The van der Waals surface area contributed by atoms with Crippen LogP contribution in [0, 0.1) is 0 Å². The van der Waals surface area contributed by atoms with E-state index in [1.807, 2.05) is 24.5 Å². The summed E-state index contributed by atoms with van der Waals surface area (Å²) in [5, 5.41) is 11.7. The first-order valence-electron chi connectivity index (χ1n) is 9.07. The van der Waals surface area contributed by atoms with Crippen molar-refractivity contribution in [1.29, 1.82) is 0 Å². The Kier molecular flexibility index (Phi) is 4.92. The van der Waals surface area contributed by atoms with Crippen LogP contribution in [0.1, 0.15) is 12.8 Å². The lowest BCUT2D eigenvalue weighted by Gasteiger charge is -2.10. The van der Waals surface area contributed by atoms with Crippen molar-refractivity contribution in [2.24, 2.45) is 0 Å². The third-order valence-corrected chi connectivity index (χ3v) is 4.54. The number of nitrogens with zero attached hydrogens (tertiary/aromatic N) is 2. The van der Waals surface area contributed by atoms with Crippen molar-refractivity contribution in [2.45, 2.75) is 12.8 Å². The molecule has 0 aliphatic heterocycles. The van der Waals surface area contributed by atoms with Gasteiger partial charge in [0.2, 0.25) is 0 Å². The molecule has 2 N–H and O–H groups in total. The average Bonchev–Trinajstić information content (AvgIpc) is 2.71. The van der Waals surface area contributed by atoms with Gasteiger partial charge in [0, 0.05) is 36.3 Å². The van der Waals surface area contributed by atoms with Crippen LogP contribution in [0.5, 0.6) is 0 Å². The Morgan fingerprint density at radius 3 is 1.54 bits per heavy atom. The lowest BCUT2D eigenvalue weighted by molar-refractivity contribution is 0.793. The number of aromatic nitrogens is 2. The molecule has 2 aromatic heterocycles. The van der Waals surface area contributed by atoms with Crippen LogP contribution >= 0.6 is 0 Å². The summed E-state index contributed by atoms with van der Waals surface area (Å²) in [5.74, 6) is 1.93. The van der Waals surface area contributed by atoms with Crippen molar-refractivity contribution >= 4 is 33.2 Å². The molecular weight excluding hydrogens is 320 g/mol. The van der Waals surface area contributed by atoms with Gasteiger partial charge >= 0.3 is 0 Å². The summed E-state index contributed by atoms with van der Waals surface area (Å²) in [6.07, 6.45) is 5.86. The standard InChI is InChI=1S/C22H22N4/c1-3-9-19-17(7-1)11-15-25-21(19)23-13-5-6-14-24-22-20-10-4-2-8-18(20)12-16-26-22/h1-4,7-12,15-16H,5-6,13-14H2,(H,23,25)(H,24,26). The van der Waals surface area contributed by atoms with Crippen LogP contribution in [0.25, 0.3) is 21.5 Å². The summed E-state index contributed by atoms with van der Waals surface area (Å²) < 4.78 is 0. The SMILES string of the molecule is c1ccc2c(NCCCCNc3nccc4ccccc34)nccc2c1. The molecule has 4 nitrogen and oxygen atoms in total. The summed E-state index contributed by atoms with van der Waals surface area (Å²) in [5.41, 5.74) is 0. The normalized spacial score (nSPS) is 10.9. The van der Waals surface area contributed by atoms with Gasteiger partial charge in [-0.15, -0.1) is 0 Å². The van der Waals surface area contributed by atoms with Gasteiger partial charge in [-0.3, -0.25) is 0 Å². The number of nitrogens with one attached hydrogen (secondary N) is 2. The molecule has 0 aliphatic rings. The lowest BCUT2D eigenvalue weighted by Crippen LogP contribution is -2.08. The second-order valence-electron chi connectivity index (χ2n) is 6.32. The Bertz CT molecular complexity index is 919. The molecule has 4 aromatic rings. The lowest BCUT2D eigenvalue weighted by atomic mass is 10.1. The van der Waals surface area contributed by atoms with Crippen LogP contribution in [-0.2, 0) is 0 Å². The monoisotopic (exact) mass is 342 g/mol. The second-order valence-corrected chi connectivity index (χ2v) is 6.32. The number of pyridine rings is 2. The number of rotatable bonds is 7. The van der Waals surface area contributed by atoms with Gasteiger partial charge in [-0.25, -0.2) is 9.97 Å². The predicted molar refractivity (Wildman–Crippen MR) is 110 cm³/mol. The minimum Gasteiger partial charge on any atom is -0.370 e. The molecule has 0 unspecified atom stereocenters. The molecule has 0 aliphatic carbocycles. The van der Waals surface area contributed by atoms with Crippen molar-refractivity contribution in [3.8, 4) is 0 Å². The summed E-state index contributed by atoms with van der Waals surface area (Å²) in [6, 6.07) is 20.7. The summed E-state index contributed by atoms with van der Waals surface area (Å²) in [6.45, 7) is 1.82. The molecule has 0 spiro atoms. The number of benzene rings is 2. The first-order valence-corrected chi connectivity index (χ1v) is 9.07. The van der Waals surface area contributed by atoms with Gasteiger partial charge in [0.25, 0.3) is 0 Å². The molecule has 0 fully saturated rings. The Morgan fingerprint density at radius 1 is 0.577 bits per heavy atom. The van der Waals surface area contributed by atoms with Gasteiger partial charge in [0.1, 0.15) is 11.6 Å².